The molecule has 1 aromatic heterocycles. The van der Waals surface area contributed by atoms with Gasteiger partial charge in [0.1, 0.15) is 0 Å². The van der Waals surface area contributed by atoms with E-state index in [0.29, 0.717) is 10.0 Å². The second-order valence-electron chi connectivity index (χ2n) is 4.51. The van der Waals surface area contributed by atoms with Gasteiger partial charge in [0.05, 0.1) is 21.3 Å². The van der Waals surface area contributed by atoms with Crippen molar-refractivity contribution in [3.05, 3.63) is 58.1 Å². The van der Waals surface area contributed by atoms with Gasteiger partial charge in [0, 0.05) is 16.5 Å². The molecule has 4 heteroatoms. The first-order chi connectivity index (χ1) is 9.18. The van der Waals surface area contributed by atoms with Crippen LogP contribution in [0.25, 0.3) is 22.2 Å². The highest BCUT2D eigenvalue weighted by Gasteiger charge is 2.28. The van der Waals surface area contributed by atoms with Crippen molar-refractivity contribution in [1.29, 1.82) is 0 Å². The lowest BCUT2D eigenvalue weighted by molar-refractivity contribution is 0.0973. The molecular weight excluding hydrogens is 281 g/mol. The van der Waals surface area contributed by atoms with Crippen LogP contribution in [0.3, 0.4) is 0 Å². The van der Waals surface area contributed by atoms with Gasteiger partial charge in [-0.25, -0.2) is 0 Å². The van der Waals surface area contributed by atoms with E-state index in [2.05, 4.69) is 0 Å². The first kappa shape index (κ1) is 11.1. The predicted octanol–water partition coefficient (Wildman–Crippen LogP) is 4.62. The van der Waals surface area contributed by atoms with Crippen LogP contribution in [0.2, 0.25) is 10.0 Å². The Hall–Kier alpha value is -1.77. The maximum absolute atomic E-state index is 12.4. The fourth-order valence-corrected chi connectivity index (χ4v) is 3.03. The van der Waals surface area contributed by atoms with Gasteiger partial charge in [-0.3, -0.25) is 9.36 Å². The van der Waals surface area contributed by atoms with Crippen molar-refractivity contribution in [2.75, 3.05) is 0 Å². The average molecular weight is 288 g/mol. The van der Waals surface area contributed by atoms with Crippen LogP contribution in [-0.2, 0) is 0 Å². The number of hydrogen-bond donors (Lipinski definition) is 0. The fourth-order valence-electron chi connectivity index (χ4n) is 2.65. The van der Waals surface area contributed by atoms with Gasteiger partial charge in [-0.05, 0) is 24.3 Å². The summed E-state index contributed by atoms with van der Waals surface area (Å²) >= 11 is 12.2. The van der Waals surface area contributed by atoms with Crippen molar-refractivity contribution in [1.82, 2.24) is 4.57 Å². The van der Waals surface area contributed by atoms with Gasteiger partial charge in [0.15, 0.2) is 0 Å². The molecule has 92 valence electrons. The summed E-state index contributed by atoms with van der Waals surface area (Å²) in [4.78, 5) is 12.4. The smallest absolute Gasteiger partial charge is 0.263 e. The predicted molar refractivity (Wildman–Crippen MR) is 77.1 cm³/mol. The Balaban J connectivity index is 2.17. The van der Waals surface area contributed by atoms with Crippen LogP contribution >= 0.6 is 23.2 Å². The third-order valence-corrected chi connectivity index (χ3v) is 4.33. The zero-order valence-corrected chi connectivity index (χ0v) is 11.2. The van der Waals surface area contributed by atoms with Crippen molar-refractivity contribution in [3.63, 3.8) is 0 Å². The minimum Gasteiger partial charge on any atom is -0.276 e. The molecule has 0 N–H and O–H groups in total. The maximum atomic E-state index is 12.4. The molecule has 2 heterocycles. The molecule has 1 aliphatic rings. The minimum atomic E-state index is -0.0148. The van der Waals surface area contributed by atoms with Crippen LogP contribution in [0.4, 0.5) is 0 Å². The van der Waals surface area contributed by atoms with Crippen LogP contribution in [0, 0.1) is 0 Å². The molecule has 0 fully saturated rings. The number of carbonyl (C=O) groups is 1. The number of carbonyl (C=O) groups excluding carboxylic acids is 1. The van der Waals surface area contributed by atoms with Gasteiger partial charge >= 0.3 is 0 Å². The Labute approximate surface area is 119 Å². The van der Waals surface area contributed by atoms with Crippen molar-refractivity contribution in [3.8, 4) is 11.3 Å². The Morgan fingerprint density at radius 2 is 1.68 bits per heavy atom. The summed E-state index contributed by atoms with van der Waals surface area (Å²) in [5.41, 5.74) is 3.34. The molecule has 0 radical (unpaired) electrons. The second-order valence-corrected chi connectivity index (χ2v) is 5.30. The SMILES string of the molecule is O=C1c2ccccc2-c2cc3c(Cl)c(Cl)ccc3n21. The number of benzene rings is 2. The molecule has 0 spiro atoms. The maximum Gasteiger partial charge on any atom is 0.263 e. The molecule has 0 atom stereocenters. The third kappa shape index (κ3) is 1.30. The molecule has 0 unspecified atom stereocenters. The number of halogens is 2. The van der Waals surface area contributed by atoms with Crippen LogP contribution in [0.15, 0.2) is 42.5 Å². The Kier molecular flexibility index (Phi) is 2.12. The topological polar surface area (TPSA) is 22.0 Å². The summed E-state index contributed by atoms with van der Waals surface area (Å²) in [6, 6.07) is 13.1. The molecule has 0 bridgehead atoms. The molecule has 2 aromatic carbocycles. The molecule has 0 aliphatic carbocycles. The number of fused-ring (bicyclic) bond motifs is 5. The first-order valence-corrected chi connectivity index (χ1v) is 6.57. The normalized spacial score (nSPS) is 12.8. The second kappa shape index (κ2) is 3.62. The van der Waals surface area contributed by atoms with Gasteiger partial charge in [-0.2, -0.15) is 0 Å². The first-order valence-electron chi connectivity index (χ1n) is 5.82. The summed E-state index contributed by atoms with van der Waals surface area (Å²) in [6.45, 7) is 0. The van der Waals surface area contributed by atoms with E-state index in [0.717, 1.165) is 27.7 Å². The van der Waals surface area contributed by atoms with E-state index in [9.17, 15) is 4.79 Å². The van der Waals surface area contributed by atoms with Crippen LogP contribution in [0.1, 0.15) is 10.4 Å². The van der Waals surface area contributed by atoms with Gasteiger partial charge in [-0.1, -0.05) is 41.4 Å². The molecule has 0 saturated carbocycles. The highest BCUT2D eigenvalue weighted by molar-refractivity contribution is 6.45. The average Bonchev–Trinajstić information content (AvgIpc) is 2.93. The highest BCUT2D eigenvalue weighted by Crippen LogP contribution is 2.40. The summed E-state index contributed by atoms with van der Waals surface area (Å²) in [7, 11) is 0. The van der Waals surface area contributed by atoms with E-state index in [-0.39, 0.29) is 5.91 Å². The lowest BCUT2D eigenvalue weighted by atomic mass is 10.1. The largest absolute Gasteiger partial charge is 0.276 e. The fraction of sp³-hybridized carbons (Fsp3) is 0. The number of hydrogen-bond acceptors (Lipinski definition) is 1. The lowest BCUT2D eigenvalue weighted by Gasteiger charge is -2.01. The van der Waals surface area contributed by atoms with E-state index in [1.54, 1.807) is 10.6 Å². The number of aromatic nitrogens is 1. The number of rotatable bonds is 0. The minimum absolute atomic E-state index is 0.0148. The van der Waals surface area contributed by atoms with E-state index >= 15 is 0 Å². The summed E-state index contributed by atoms with van der Waals surface area (Å²) < 4.78 is 1.70. The van der Waals surface area contributed by atoms with Crippen molar-refractivity contribution in [2.45, 2.75) is 0 Å². The summed E-state index contributed by atoms with van der Waals surface area (Å²) in [6.07, 6.45) is 0. The van der Waals surface area contributed by atoms with Crippen LogP contribution in [-0.4, -0.2) is 10.5 Å². The van der Waals surface area contributed by atoms with Crippen molar-refractivity contribution >= 4 is 40.0 Å². The van der Waals surface area contributed by atoms with Crippen LogP contribution < -0.4 is 0 Å². The van der Waals surface area contributed by atoms with E-state index in [4.69, 9.17) is 23.2 Å². The number of nitrogens with zero attached hydrogens (tertiary/aromatic N) is 1. The lowest BCUT2D eigenvalue weighted by Crippen LogP contribution is -2.05. The highest BCUT2D eigenvalue weighted by atomic mass is 35.5. The quantitative estimate of drug-likeness (QED) is 0.463. The molecule has 0 amide bonds. The zero-order chi connectivity index (χ0) is 13.1. The van der Waals surface area contributed by atoms with Gasteiger partial charge in [0.2, 0.25) is 0 Å². The van der Waals surface area contributed by atoms with E-state index in [1.807, 2.05) is 36.4 Å². The molecular formula is C15H7Cl2NO. The zero-order valence-electron chi connectivity index (χ0n) is 9.65. The molecule has 19 heavy (non-hydrogen) atoms. The monoisotopic (exact) mass is 287 g/mol. The summed E-state index contributed by atoms with van der Waals surface area (Å²) in [5, 5.41) is 1.80. The molecule has 0 saturated heterocycles. The van der Waals surface area contributed by atoms with Crippen LogP contribution in [0.5, 0.6) is 0 Å². The van der Waals surface area contributed by atoms with E-state index in [1.165, 1.54) is 0 Å². The summed E-state index contributed by atoms with van der Waals surface area (Å²) in [5.74, 6) is -0.0148. The molecule has 3 aromatic rings. The molecule has 2 nitrogen and oxygen atoms in total. The Morgan fingerprint density at radius 3 is 2.47 bits per heavy atom. The van der Waals surface area contributed by atoms with Crippen molar-refractivity contribution < 1.29 is 4.79 Å². The third-order valence-electron chi connectivity index (χ3n) is 3.51. The standard InChI is InChI=1S/C15H7Cl2NO/c16-11-5-6-12-10(14(11)17)7-13-8-3-1-2-4-9(8)15(19)18(12)13/h1-7H. The van der Waals surface area contributed by atoms with Crippen molar-refractivity contribution in [2.24, 2.45) is 0 Å². The van der Waals surface area contributed by atoms with Gasteiger partial charge in [-0.15, -0.1) is 0 Å². The van der Waals surface area contributed by atoms with E-state index < -0.39 is 0 Å². The Morgan fingerprint density at radius 1 is 0.947 bits per heavy atom. The molecule has 1 aliphatic heterocycles. The van der Waals surface area contributed by atoms with Gasteiger partial charge < -0.3 is 0 Å². The Bertz CT molecular complexity index is 864. The van der Waals surface area contributed by atoms with Gasteiger partial charge in [0.25, 0.3) is 5.91 Å². The molecule has 4 rings (SSSR count).